The molecule has 1 unspecified atom stereocenters. The van der Waals surface area contributed by atoms with Crippen molar-refractivity contribution in [1.29, 1.82) is 0 Å². The largest absolute Gasteiger partial charge is 0.334 e. The van der Waals surface area contributed by atoms with Crippen molar-refractivity contribution in [3.05, 3.63) is 24.5 Å². The lowest BCUT2D eigenvalue weighted by Gasteiger charge is -2.23. The SMILES string of the molecule is CC(C)(C)C(N)c1noc(-c2cncnc2)n1. The van der Waals surface area contributed by atoms with Crippen LogP contribution < -0.4 is 5.73 Å². The molecule has 0 aliphatic heterocycles. The van der Waals surface area contributed by atoms with Crippen LogP contribution in [0.1, 0.15) is 32.6 Å². The van der Waals surface area contributed by atoms with Crippen molar-refractivity contribution >= 4 is 0 Å². The van der Waals surface area contributed by atoms with Gasteiger partial charge in [0.15, 0.2) is 5.82 Å². The summed E-state index contributed by atoms with van der Waals surface area (Å²) in [5.74, 6) is 0.886. The molecule has 0 aliphatic rings. The third-order valence-corrected chi connectivity index (χ3v) is 2.46. The first-order valence-corrected chi connectivity index (χ1v) is 5.33. The number of hydrogen-bond acceptors (Lipinski definition) is 6. The predicted molar refractivity (Wildman–Crippen MR) is 61.7 cm³/mol. The number of nitrogens with zero attached hydrogens (tertiary/aromatic N) is 4. The van der Waals surface area contributed by atoms with Crippen LogP contribution in [0.15, 0.2) is 23.2 Å². The van der Waals surface area contributed by atoms with Crippen LogP contribution in [0.4, 0.5) is 0 Å². The Kier molecular flexibility index (Phi) is 2.89. The zero-order chi connectivity index (χ0) is 12.5. The molecule has 2 N–H and O–H groups in total. The molecule has 2 rings (SSSR count). The number of nitrogens with two attached hydrogens (primary N) is 1. The van der Waals surface area contributed by atoms with Crippen molar-refractivity contribution in [2.45, 2.75) is 26.8 Å². The van der Waals surface area contributed by atoms with Gasteiger partial charge in [-0.05, 0) is 5.41 Å². The molecule has 0 saturated carbocycles. The van der Waals surface area contributed by atoms with Crippen molar-refractivity contribution in [3.63, 3.8) is 0 Å². The zero-order valence-electron chi connectivity index (χ0n) is 10.1. The van der Waals surface area contributed by atoms with Gasteiger partial charge in [-0.15, -0.1) is 0 Å². The van der Waals surface area contributed by atoms with E-state index in [0.717, 1.165) is 0 Å². The van der Waals surface area contributed by atoms with Gasteiger partial charge in [0.2, 0.25) is 0 Å². The Balaban J connectivity index is 2.28. The summed E-state index contributed by atoms with van der Waals surface area (Å²) in [5, 5.41) is 3.89. The van der Waals surface area contributed by atoms with Crippen LogP contribution in [-0.2, 0) is 0 Å². The van der Waals surface area contributed by atoms with Crippen molar-refractivity contribution in [2.75, 3.05) is 0 Å². The lowest BCUT2D eigenvalue weighted by molar-refractivity contribution is 0.303. The van der Waals surface area contributed by atoms with E-state index in [1.54, 1.807) is 12.4 Å². The molecule has 2 aromatic heterocycles. The van der Waals surface area contributed by atoms with Crippen molar-refractivity contribution in [1.82, 2.24) is 20.1 Å². The summed E-state index contributed by atoms with van der Waals surface area (Å²) < 4.78 is 5.15. The van der Waals surface area contributed by atoms with E-state index in [1.165, 1.54) is 6.33 Å². The molecule has 6 nitrogen and oxygen atoms in total. The van der Waals surface area contributed by atoms with E-state index in [2.05, 4.69) is 20.1 Å². The first-order valence-electron chi connectivity index (χ1n) is 5.33. The maximum Gasteiger partial charge on any atom is 0.261 e. The van der Waals surface area contributed by atoms with Crippen LogP contribution in [0.5, 0.6) is 0 Å². The minimum Gasteiger partial charge on any atom is -0.334 e. The zero-order valence-corrected chi connectivity index (χ0v) is 10.1. The van der Waals surface area contributed by atoms with Crippen molar-refractivity contribution in [3.8, 4) is 11.5 Å². The second-order valence-corrected chi connectivity index (χ2v) is 4.93. The minimum absolute atomic E-state index is 0.117. The lowest BCUT2D eigenvalue weighted by Crippen LogP contribution is -2.27. The van der Waals surface area contributed by atoms with Crippen LogP contribution in [0.25, 0.3) is 11.5 Å². The normalized spacial score (nSPS) is 13.6. The van der Waals surface area contributed by atoms with Crippen LogP contribution >= 0.6 is 0 Å². The summed E-state index contributed by atoms with van der Waals surface area (Å²) in [5.41, 5.74) is 6.62. The molecule has 17 heavy (non-hydrogen) atoms. The summed E-state index contributed by atoms with van der Waals surface area (Å²) in [4.78, 5) is 12.1. The molecule has 1 atom stereocenters. The molecule has 0 bridgehead atoms. The van der Waals surface area contributed by atoms with Crippen LogP contribution in [0.2, 0.25) is 0 Å². The summed E-state index contributed by atoms with van der Waals surface area (Å²) in [6.45, 7) is 6.08. The van der Waals surface area contributed by atoms with Crippen LogP contribution in [0.3, 0.4) is 0 Å². The Morgan fingerprint density at radius 1 is 1.24 bits per heavy atom. The Bertz CT molecular complexity index is 488. The topological polar surface area (TPSA) is 90.7 Å². The Hall–Kier alpha value is -1.82. The van der Waals surface area contributed by atoms with Crippen LogP contribution in [-0.4, -0.2) is 20.1 Å². The Morgan fingerprint density at radius 3 is 2.47 bits per heavy atom. The second-order valence-electron chi connectivity index (χ2n) is 4.93. The van der Waals surface area contributed by atoms with E-state index in [0.29, 0.717) is 17.3 Å². The number of hydrogen-bond donors (Lipinski definition) is 1. The molecule has 0 spiro atoms. The lowest BCUT2D eigenvalue weighted by atomic mass is 9.87. The van der Waals surface area contributed by atoms with E-state index in [9.17, 15) is 0 Å². The fourth-order valence-electron chi connectivity index (χ4n) is 1.28. The summed E-state index contributed by atoms with van der Waals surface area (Å²) in [6, 6.07) is -0.273. The van der Waals surface area contributed by atoms with Gasteiger partial charge in [0.25, 0.3) is 5.89 Å². The average Bonchev–Trinajstić information content (AvgIpc) is 2.77. The highest BCUT2D eigenvalue weighted by Gasteiger charge is 2.27. The van der Waals surface area contributed by atoms with Gasteiger partial charge in [-0.2, -0.15) is 4.98 Å². The van der Waals surface area contributed by atoms with Gasteiger partial charge in [-0.25, -0.2) is 9.97 Å². The highest BCUT2D eigenvalue weighted by molar-refractivity contribution is 5.48. The highest BCUT2D eigenvalue weighted by Crippen LogP contribution is 2.29. The van der Waals surface area contributed by atoms with Gasteiger partial charge in [-0.1, -0.05) is 25.9 Å². The molecule has 0 aromatic carbocycles. The van der Waals surface area contributed by atoms with Gasteiger partial charge in [0.1, 0.15) is 6.33 Å². The quantitative estimate of drug-likeness (QED) is 0.846. The molecule has 0 fully saturated rings. The molecule has 2 aromatic rings. The molecular weight excluding hydrogens is 218 g/mol. The molecule has 0 amide bonds. The predicted octanol–water partition coefficient (Wildman–Crippen LogP) is 1.57. The molecule has 2 heterocycles. The van der Waals surface area contributed by atoms with E-state index in [4.69, 9.17) is 10.3 Å². The molecule has 0 aliphatic carbocycles. The molecule has 6 heteroatoms. The van der Waals surface area contributed by atoms with Gasteiger partial charge in [0, 0.05) is 12.4 Å². The van der Waals surface area contributed by atoms with E-state index < -0.39 is 0 Å². The van der Waals surface area contributed by atoms with E-state index >= 15 is 0 Å². The molecular formula is C11H15N5O. The maximum atomic E-state index is 6.05. The van der Waals surface area contributed by atoms with E-state index in [-0.39, 0.29) is 11.5 Å². The Labute approximate surface area is 99.3 Å². The van der Waals surface area contributed by atoms with Gasteiger partial charge >= 0.3 is 0 Å². The minimum atomic E-state index is -0.273. The smallest absolute Gasteiger partial charge is 0.261 e. The maximum absolute atomic E-state index is 6.05. The fraction of sp³-hybridized carbons (Fsp3) is 0.455. The van der Waals surface area contributed by atoms with Crippen molar-refractivity contribution in [2.24, 2.45) is 11.1 Å². The van der Waals surface area contributed by atoms with Gasteiger partial charge < -0.3 is 10.3 Å². The van der Waals surface area contributed by atoms with Gasteiger partial charge in [0.05, 0.1) is 11.6 Å². The Morgan fingerprint density at radius 2 is 1.88 bits per heavy atom. The summed E-state index contributed by atoms with van der Waals surface area (Å²) in [7, 11) is 0. The van der Waals surface area contributed by atoms with Crippen LogP contribution in [0, 0.1) is 5.41 Å². The third kappa shape index (κ3) is 2.47. The number of aromatic nitrogens is 4. The second kappa shape index (κ2) is 4.21. The summed E-state index contributed by atoms with van der Waals surface area (Å²) >= 11 is 0. The monoisotopic (exact) mass is 233 g/mol. The summed E-state index contributed by atoms with van der Waals surface area (Å²) in [6.07, 6.45) is 4.68. The molecule has 0 radical (unpaired) electrons. The first kappa shape index (κ1) is 11.7. The first-order chi connectivity index (χ1) is 7.98. The molecule has 0 saturated heterocycles. The standard InChI is InChI=1S/C11H15N5O/c1-11(2,3)8(12)9-15-10(17-16-9)7-4-13-6-14-5-7/h4-6,8H,12H2,1-3H3. The average molecular weight is 233 g/mol. The molecule has 90 valence electrons. The number of rotatable bonds is 2. The van der Waals surface area contributed by atoms with E-state index in [1.807, 2.05) is 20.8 Å². The van der Waals surface area contributed by atoms with Crippen molar-refractivity contribution < 1.29 is 4.52 Å². The van der Waals surface area contributed by atoms with Gasteiger partial charge in [-0.3, -0.25) is 0 Å². The highest BCUT2D eigenvalue weighted by atomic mass is 16.5. The fourth-order valence-corrected chi connectivity index (χ4v) is 1.28. The third-order valence-electron chi connectivity index (χ3n) is 2.46.